The normalized spacial score (nSPS) is 19.4. The molecular formula is C21H31N5O. The van der Waals surface area contributed by atoms with Gasteiger partial charge in [-0.1, -0.05) is 0 Å². The van der Waals surface area contributed by atoms with E-state index in [9.17, 15) is 4.79 Å². The van der Waals surface area contributed by atoms with E-state index >= 15 is 0 Å². The number of carbonyl (C=O) groups is 1. The molecule has 0 radical (unpaired) electrons. The molecule has 2 aromatic heterocycles. The highest BCUT2D eigenvalue weighted by atomic mass is 16.2. The third kappa shape index (κ3) is 4.00. The number of likely N-dealkylation sites (tertiary alicyclic amines) is 2. The third-order valence-corrected chi connectivity index (χ3v) is 6.17. The molecule has 2 aliphatic heterocycles. The molecule has 2 saturated heterocycles. The smallest absolute Gasteiger partial charge is 0.255 e. The van der Waals surface area contributed by atoms with Crippen molar-refractivity contribution in [1.82, 2.24) is 24.3 Å². The van der Waals surface area contributed by atoms with Crippen molar-refractivity contribution < 1.29 is 4.79 Å². The first kappa shape index (κ1) is 18.4. The molecule has 4 heterocycles. The number of amides is 1. The average molecular weight is 370 g/mol. The van der Waals surface area contributed by atoms with Crippen molar-refractivity contribution in [3.05, 3.63) is 24.2 Å². The highest BCUT2D eigenvalue weighted by Gasteiger charge is 2.25. The summed E-state index contributed by atoms with van der Waals surface area (Å²) in [6.07, 6.45) is 9.77. The maximum absolute atomic E-state index is 12.9. The first-order valence-corrected chi connectivity index (χ1v) is 10.5. The lowest BCUT2D eigenvalue weighted by Crippen LogP contribution is -2.39. The zero-order chi connectivity index (χ0) is 18.8. The molecule has 0 saturated carbocycles. The molecule has 0 aliphatic carbocycles. The topological polar surface area (TPSA) is 54.3 Å². The van der Waals surface area contributed by atoms with Gasteiger partial charge in [-0.25, -0.2) is 9.97 Å². The standard InChI is InChI=1S/C21H31N5O/c1-16(2)26-15-23-19-13-18(14-22-20(19)26)21(27)25-11-6-17(7-12-25)5-10-24-8-3-4-9-24/h13-17H,3-12H2,1-2H3. The summed E-state index contributed by atoms with van der Waals surface area (Å²) in [5.41, 5.74) is 2.31. The molecule has 0 aromatic carbocycles. The summed E-state index contributed by atoms with van der Waals surface area (Å²) in [5.74, 6) is 0.860. The van der Waals surface area contributed by atoms with Gasteiger partial charge in [-0.05, 0) is 77.6 Å². The number of pyridine rings is 1. The molecule has 2 fully saturated rings. The van der Waals surface area contributed by atoms with Gasteiger partial charge in [0.05, 0.1) is 11.9 Å². The molecule has 0 unspecified atom stereocenters. The van der Waals surface area contributed by atoms with Crippen molar-refractivity contribution >= 4 is 17.1 Å². The molecule has 0 bridgehead atoms. The van der Waals surface area contributed by atoms with Crippen molar-refractivity contribution in [2.45, 2.75) is 52.0 Å². The first-order valence-electron chi connectivity index (χ1n) is 10.5. The van der Waals surface area contributed by atoms with Crippen molar-refractivity contribution in [3.8, 4) is 0 Å². The van der Waals surface area contributed by atoms with E-state index < -0.39 is 0 Å². The predicted octanol–water partition coefficient (Wildman–Crippen LogP) is 3.35. The molecule has 0 N–H and O–H groups in total. The molecule has 2 aromatic rings. The number of rotatable bonds is 5. The zero-order valence-electron chi connectivity index (χ0n) is 16.6. The average Bonchev–Trinajstić information content (AvgIpc) is 3.35. The van der Waals surface area contributed by atoms with Gasteiger partial charge >= 0.3 is 0 Å². The number of aromatic nitrogens is 3. The molecule has 6 heteroatoms. The Hall–Kier alpha value is -1.95. The van der Waals surface area contributed by atoms with E-state index in [0.717, 1.165) is 43.0 Å². The van der Waals surface area contributed by atoms with Gasteiger partial charge in [0.15, 0.2) is 5.65 Å². The molecule has 0 atom stereocenters. The van der Waals surface area contributed by atoms with Gasteiger partial charge in [-0.15, -0.1) is 0 Å². The molecule has 146 valence electrons. The quantitative estimate of drug-likeness (QED) is 0.811. The van der Waals surface area contributed by atoms with E-state index in [1.165, 1.54) is 38.9 Å². The van der Waals surface area contributed by atoms with Crippen LogP contribution in [0.25, 0.3) is 11.2 Å². The van der Waals surface area contributed by atoms with Crippen molar-refractivity contribution in [2.24, 2.45) is 5.92 Å². The highest BCUT2D eigenvalue weighted by Crippen LogP contribution is 2.24. The van der Waals surface area contributed by atoms with E-state index in [4.69, 9.17) is 0 Å². The number of piperidine rings is 1. The fraction of sp³-hybridized carbons (Fsp3) is 0.667. The van der Waals surface area contributed by atoms with Crippen LogP contribution in [0, 0.1) is 5.92 Å². The number of imidazole rings is 1. The van der Waals surface area contributed by atoms with Crippen LogP contribution in [0.3, 0.4) is 0 Å². The Balaban J connectivity index is 1.34. The van der Waals surface area contributed by atoms with Crippen LogP contribution < -0.4 is 0 Å². The summed E-state index contributed by atoms with van der Waals surface area (Å²) in [5, 5.41) is 0. The molecule has 4 rings (SSSR count). The molecule has 27 heavy (non-hydrogen) atoms. The summed E-state index contributed by atoms with van der Waals surface area (Å²) in [4.78, 5) is 26.4. The SMILES string of the molecule is CC(C)n1cnc2cc(C(=O)N3CCC(CCN4CCCC4)CC3)cnc21. The Morgan fingerprint density at radius 2 is 1.89 bits per heavy atom. The van der Waals surface area contributed by atoms with E-state index in [1.54, 1.807) is 6.20 Å². The zero-order valence-corrected chi connectivity index (χ0v) is 16.6. The van der Waals surface area contributed by atoms with E-state index in [0.29, 0.717) is 11.6 Å². The minimum Gasteiger partial charge on any atom is -0.339 e. The Labute approximate surface area is 161 Å². The Bertz CT molecular complexity index is 785. The second-order valence-electron chi connectivity index (χ2n) is 8.39. The maximum atomic E-state index is 12.9. The number of nitrogens with zero attached hydrogens (tertiary/aromatic N) is 5. The van der Waals surface area contributed by atoms with Gasteiger partial charge in [-0.3, -0.25) is 4.79 Å². The Morgan fingerprint density at radius 3 is 2.59 bits per heavy atom. The van der Waals surface area contributed by atoms with Crippen LogP contribution >= 0.6 is 0 Å². The van der Waals surface area contributed by atoms with Crippen LogP contribution in [-0.4, -0.2) is 63.0 Å². The summed E-state index contributed by atoms with van der Waals surface area (Å²) >= 11 is 0. The van der Waals surface area contributed by atoms with Gasteiger partial charge in [-0.2, -0.15) is 0 Å². The summed E-state index contributed by atoms with van der Waals surface area (Å²) in [7, 11) is 0. The fourth-order valence-electron chi connectivity index (χ4n) is 4.39. The van der Waals surface area contributed by atoms with Crippen molar-refractivity contribution in [2.75, 3.05) is 32.7 Å². The van der Waals surface area contributed by atoms with Crippen LogP contribution in [0.15, 0.2) is 18.6 Å². The molecule has 0 spiro atoms. The number of hydrogen-bond donors (Lipinski definition) is 0. The lowest BCUT2D eigenvalue weighted by atomic mass is 9.93. The van der Waals surface area contributed by atoms with E-state index in [-0.39, 0.29) is 5.91 Å². The molecule has 1 amide bonds. The monoisotopic (exact) mass is 369 g/mol. The van der Waals surface area contributed by atoms with Gasteiger partial charge in [0, 0.05) is 25.3 Å². The summed E-state index contributed by atoms with van der Waals surface area (Å²) < 4.78 is 2.04. The second-order valence-corrected chi connectivity index (χ2v) is 8.39. The lowest BCUT2D eigenvalue weighted by Gasteiger charge is -2.32. The third-order valence-electron chi connectivity index (χ3n) is 6.17. The van der Waals surface area contributed by atoms with Crippen LogP contribution in [0.1, 0.15) is 62.4 Å². The van der Waals surface area contributed by atoms with Crippen LogP contribution in [0.2, 0.25) is 0 Å². The Morgan fingerprint density at radius 1 is 1.15 bits per heavy atom. The maximum Gasteiger partial charge on any atom is 0.255 e. The molecule has 6 nitrogen and oxygen atoms in total. The largest absolute Gasteiger partial charge is 0.339 e. The first-order chi connectivity index (χ1) is 13.1. The van der Waals surface area contributed by atoms with Crippen LogP contribution in [0.5, 0.6) is 0 Å². The highest BCUT2D eigenvalue weighted by molar-refractivity contribution is 5.96. The van der Waals surface area contributed by atoms with Gasteiger partial charge < -0.3 is 14.4 Å². The summed E-state index contributed by atoms with van der Waals surface area (Å²) in [6, 6.07) is 2.20. The van der Waals surface area contributed by atoms with Crippen LogP contribution in [-0.2, 0) is 0 Å². The van der Waals surface area contributed by atoms with Crippen molar-refractivity contribution in [3.63, 3.8) is 0 Å². The van der Waals surface area contributed by atoms with Gasteiger partial charge in [0.2, 0.25) is 0 Å². The van der Waals surface area contributed by atoms with Crippen LogP contribution in [0.4, 0.5) is 0 Å². The van der Waals surface area contributed by atoms with E-state index in [2.05, 4.69) is 28.7 Å². The molecular weight excluding hydrogens is 338 g/mol. The van der Waals surface area contributed by atoms with Crippen molar-refractivity contribution in [1.29, 1.82) is 0 Å². The predicted molar refractivity (Wildman–Crippen MR) is 107 cm³/mol. The fourth-order valence-corrected chi connectivity index (χ4v) is 4.39. The van der Waals surface area contributed by atoms with Gasteiger partial charge in [0.25, 0.3) is 5.91 Å². The Kier molecular flexibility index (Phi) is 5.43. The number of carbonyl (C=O) groups excluding carboxylic acids is 1. The second kappa shape index (κ2) is 7.97. The van der Waals surface area contributed by atoms with E-state index in [1.807, 2.05) is 21.9 Å². The number of hydrogen-bond acceptors (Lipinski definition) is 4. The minimum absolute atomic E-state index is 0.0986. The molecule has 2 aliphatic rings. The summed E-state index contributed by atoms with van der Waals surface area (Å²) in [6.45, 7) is 9.73. The minimum atomic E-state index is 0.0986. The van der Waals surface area contributed by atoms with Gasteiger partial charge in [0.1, 0.15) is 5.52 Å². The number of fused-ring (bicyclic) bond motifs is 1. The lowest BCUT2D eigenvalue weighted by molar-refractivity contribution is 0.0682.